The minimum absolute atomic E-state index is 0. The summed E-state index contributed by atoms with van der Waals surface area (Å²) in [7, 11) is 1.92. The Bertz CT molecular complexity index is 441. The number of nitrogens with one attached hydrogen (secondary N) is 2. The van der Waals surface area contributed by atoms with Gasteiger partial charge < -0.3 is 15.5 Å². The van der Waals surface area contributed by atoms with Crippen LogP contribution in [0.2, 0.25) is 0 Å². The van der Waals surface area contributed by atoms with E-state index in [9.17, 15) is 4.79 Å². The topological polar surface area (TPSA) is 60.5 Å². The lowest BCUT2D eigenvalue weighted by Gasteiger charge is -2.35. The van der Waals surface area contributed by atoms with Gasteiger partial charge in [0.05, 0.1) is 0 Å². The molecule has 0 aromatic carbocycles. The van der Waals surface area contributed by atoms with E-state index in [1.54, 1.807) is 0 Å². The van der Waals surface area contributed by atoms with Gasteiger partial charge in [-0.25, -0.2) is 4.98 Å². The maximum Gasteiger partial charge on any atom is 0.221 e. The summed E-state index contributed by atoms with van der Waals surface area (Å²) in [6.45, 7) is 6.46. The molecular formula is C16H29Cl2N5O. The molecule has 1 aromatic rings. The Morgan fingerprint density at radius 2 is 1.92 bits per heavy atom. The predicted octanol–water partition coefficient (Wildman–Crippen LogP) is 1.16. The van der Waals surface area contributed by atoms with Crippen molar-refractivity contribution in [2.24, 2.45) is 0 Å². The van der Waals surface area contributed by atoms with Gasteiger partial charge in [-0.15, -0.1) is 24.8 Å². The van der Waals surface area contributed by atoms with Crippen LogP contribution in [0.5, 0.6) is 0 Å². The number of halogens is 2. The van der Waals surface area contributed by atoms with E-state index in [0.29, 0.717) is 6.42 Å². The smallest absolute Gasteiger partial charge is 0.221 e. The molecule has 1 aromatic heterocycles. The van der Waals surface area contributed by atoms with Crippen molar-refractivity contribution in [3.63, 3.8) is 0 Å². The summed E-state index contributed by atoms with van der Waals surface area (Å²) in [5, 5.41) is 6.04. The summed E-state index contributed by atoms with van der Waals surface area (Å²) in [4.78, 5) is 20.8. The summed E-state index contributed by atoms with van der Waals surface area (Å²) in [5.41, 5.74) is 0. The third-order valence-electron chi connectivity index (χ3n) is 3.93. The van der Waals surface area contributed by atoms with Crippen LogP contribution in [0.3, 0.4) is 0 Å². The Morgan fingerprint density at radius 1 is 1.17 bits per heavy atom. The van der Waals surface area contributed by atoms with Gasteiger partial charge in [0, 0.05) is 51.9 Å². The molecule has 24 heavy (non-hydrogen) atoms. The van der Waals surface area contributed by atoms with Crippen LogP contribution < -0.4 is 15.5 Å². The zero-order valence-corrected chi connectivity index (χ0v) is 15.9. The lowest BCUT2D eigenvalue weighted by molar-refractivity contribution is -0.121. The van der Waals surface area contributed by atoms with E-state index in [1.165, 1.54) is 0 Å². The number of aromatic nitrogens is 1. The van der Waals surface area contributed by atoms with E-state index in [4.69, 9.17) is 0 Å². The number of pyridine rings is 1. The molecule has 0 atom stereocenters. The summed E-state index contributed by atoms with van der Waals surface area (Å²) >= 11 is 0. The van der Waals surface area contributed by atoms with Crippen molar-refractivity contribution < 1.29 is 4.79 Å². The predicted molar refractivity (Wildman–Crippen MR) is 104 cm³/mol. The van der Waals surface area contributed by atoms with E-state index in [-0.39, 0.29) is 30.7 Å². The average Bonchev–Trinajstić information content (AvgIpc) is 2.58. The zero-order valence-electron chi connectivity index (χ0n) is 14.2. The molecular weight excluding hydrogens is 349 g/mol. The molecule has 8 heteroatoms. The molecule has 0 aliphatic carbocycles. The molecule has 1 aliphatic heterocycles. The van der Waals surface area contributed by atoms with Gasteiger partial charge in [0.15, 0.2) is 0 Å². The third kappa shape index (κ3) is 8.15. The van der Waals surface area contributed by atoms with Crippen LogP contribution in [-0.4, -0.2) is 68.7 Å². The Hall–Kier alpha value is -1.08. The van der Waals surface area contributed by atoms with Gasteiger partial charge in [-0.2, -0.15) is 0 Å². The van der Waals surface area contributed by atoms with Crippen molar-refractivity contribution in [1.82, 2.24) is 20.5 Å². The summed E-state index contributed by atoms with van der Waals surface area (Å²) in [6, 6.07) is 6.01. The molecule has 2 heterocycles. The van der Waals surface area contributed by atoms with E-state index >= 15 is 0 Å². The highest BCUT2D eigenvalue weighted by Crippen LogP contribution is 2.12. The summed E-state index contributed by atoms with van der Waals surface area (Å²) in [5.74, 6) is 1.20. The number of hydrogen-bond donors (Lipinski definition) is 2. The standard InChI is InChI=1S/C16H27N5O.2ClH/c1-17-7-4-9-19-16(22)6-10-20-11-13-21(14-12-20)15-5-2-3-8-18-15;;/h2-3,5,8,17H,4,6-7,9-14H2,1H3,(H,19,22);2*1H. The molecule has 0 bridgehead atoms. The molecule has 1 fully saturated rings. The van der Waals surface area contributed by atoms with E-state index in [2.05, 4.69) is 25.4 Å². The number of hydrogen-bond acceptors (Lipinski definition) is 5. The highest BCUT2D eigenvalue weighted by Gasteiger charge is 2.18. The SMILES string of the molecule is CNCCCNC(=O)CCN1CCN(c2ccccn2)CC1.Cl.Cl. The van der Waals surface area contributed by atoms with Crippen LogP contribution in [0, 0.1) is 0 Å². The van der Waals surface area contributed by atoms with E-state index in [1.807, 2.05) is 31.4 Å². The van der Waals surface area contributed by atoms with Crippen LogP contribution in [0.15, 0.2) is 24.4 Å². The number of nitrogens with zero attached hydrogens (tertiary/aromatic N) is 3. The Kier molecular flexibility index (Phi) is 12.6. The first kappa shape index (κ1) is 22.9. The molecule has 0 spiro atoms. The van der Waals surface area contributed by atoms with Crippen LogP contribution in [0.4, 0.5) is 5.82 Å². The van der Waals surface area contributed by atoms with Crippen molar-refractivity contribution in [3.05, 3.63) is 24.4 Å². The number of anilines is 1. The Morgan fingerprint density at radius 3 is 2.54 bits per heavy atom. The zero-order chi connectivity index (χ0) is 15.6. The van der Waals surface area contributed by atoms with Crippen molar-refractivity contribution in [3.8, 4) is 0 Å². The second-order valence-electron chi connectivity index (χ2n) is 5.57. The maximum atomic E-state index is 11.8. The number of carbonyl (C=O) groups excluding carboxylic acids is 1. The molecule has 6 nitrogen and oxygen atoms in total. The molecule has 2 rings (SSSR count). The average molecular weight is 378 g/mol. The van der Waals surface area contributed by atoms with Crippen molar-refractivity contribution >= 4 is 36.5 Å². The van der Waals surface area contributed by atoms with Gasteiger partial charge in [0.1, 0.15) is 5.82 Å². The Labute approximate surface area is 157 Å². The second kappa shape index (κ2) is 13.2. The van der Waals surface area contributed by atoms with Crippen molar-refractivity contribution in [2.75, 3.05) is 57.8 Å². The largest absolute Gasteiger partial charge is 0.356 e. The van der Waals surface area contributed by atoms with Gasteiger partial charge >= 0.3 is 0 Å². The molecule has 0 saturated carbocycles. The van der Waals surface area contributed by atoms with Gasteiger partial charge in [-0.3, -0.25) is 9.69 Å². The summed E-state index contributed by atoms with van der Waals surface area (Å²) in [6.07, 6.45) is 3.40. The number of piperazine rings is 1. The fourth-order valence-electron chi connectivity index (χ4n) is 2.58. The molecule has 0 radical (unpaired) electrons. The van der Waals surface area contributed by atoms with Gasteiger partial charge in [0.2, 0.25) is 5.91 Å². The number of rotatable bonds is 8. The van der Waals surface area contributed by atoms with Crippen LogP contribution in [0.1, 0.15) is 12.8 Å². The fourth-order valence-corrected chi connectivity index (χ4v) is 2.58. The summed E-state index contributed by atoms with van der Waals surface area (Å²) < 4.78 is 0. The highest BCUT2D eigenvalue weighted by molar-refractivity contribution is 5.85. The Balaban J connectivity index is 0.00000264. The first-order valence-corrected chi connectivity index (χ1v) is 8.09. The quantitative estimate of drug-likeness (QED) is 0.665. The molecule has 138 valence electrons. The lowest BCUT2D eigenvalue weighted by atomic mass is 10.2. The van der Waals surface area contributed by atoms with Crippen LogP contribution >= 0.6 is 24.8 Å². The van der Waals surface area contributed by atoms with Crippen LogP contribution in [-0.2, 0) is 4.79 Å². The highest BCUT2D eigenvalue weighted by atomic mass is 35.5. The molecule has 1 aliphatic rings. The molecule has 1 amide bonds. The lowest BCUT2D eigenvalue weighted by Crippen LogP contribution is -2.47. The monoisotopic (exact) mass is 377 g/mol. The van der Waals surface area contributed by atoms with Crippen molar-refractivity contribution in [1.29, 1.82) is 0 Å². The minimum Gasteiger partial charge on any atom is -0.356 e. The molecule has 1 saturated heterocycles. The molecule has 0 unspecified atom stereocenters. The number of amides is 1. The van der Waals surface area contributed by atoms with Gasteiger partial charge in [-0.1, -0.05) is 6.07 Å². The van der Waals surface area contributed by atoms with Gasteiger partial charge in [0.25, 0.3) is 0 Å². The van der Waals surface area contributed by atoms with Crippen LogP contribution in [0.25, 0.3) is 0 Å². The number of carbonyl (C=O) groups is 1. The van der Waals surface area contributed by atoms with E-state index in [0.717, 1.165) is 58.1 Å². The second-order valence-corrected chi connectivity index (χ2v) is 5.57. The maximum absolute atomic E-state index is 11.8. The first-order chi connectivity index (χ1) is 10.8. The van der Waals surface area contributed by atoms with E-state index < -0.39 is 0 Å². The minimum atomic E-state index is 0. The fraction of sp³-hybridized carbons (Fsp3) is 0.625. The first-order valence-electron chi connectivity index (χ1n) is 8.09. The van der Waals surface area contributed by atoms with Crippen molar-refractivity contribution in [2.45, 2.75) is 12.8 Å². The van der Waals surface area contributed by atoms with Gasteiger partial charge in [-0.05, 0) is 32.1 Å². The third-order valence-corrected chi connectivity index (χ3v) is 3.93. The normalized spacial score (nSPS) is 14.5. The molecule has 2 N–H and O–H groups in total.